The molecule has 0 N–H and O–H groups in total. The van der Waals surface area contributed by atoms with Gasteiger partial charge in [0.05, 0.1) is 6.54 Å². The molecule has 0 spiro atoms. The van der Waals surface area contributed by atoms with Crippen molar-refractivity contribution < 1.29 is 9.59 Å². The van der Waals surface area contributed by atoms with Crippen LogP contribution in [0, 0.1) is 0 Å². The monoisotopic (exact) mass is 366 g/mol. The van der Waals surface area contributed by atoms with E-state index in [2.05, 4.69) is 6.58 Å². The van der Waals surface area contributed by atoms with Gasteiger partial charge in [-0.05, 0) is 42.7 Å². The highest BCUT2D eigenvalue weighted by Crippen LogP contribution is 2.26. The van der Waals surface area contributed by atoms with Crippen molar-refractivity contribution in [1.29, 1.82) is 0 Å². The summed E-state index contributed by atoms with van der Waals surface area (Å²) in [5.74, 6) is -0.302. The molecule has 4 nitrogen and oxygen atoms in total. The maximum atomic E-state index is 12.2. The molecule has 128 valence electrons. The molecule has 0 aliphatic carbocycles. The van der Waals surface area contributed by atoms with Crippen LogP contribution in [0.25, 0.3) is 6.08 Å². The van der Waals surface area contributed by atoms with E-state index < -0.39 is 0 Å². The van der Waals surface area contributed by atoms with Gasteiger partial charge in [0, 0.05) is 30.2 Å². The number of likely N-dealkylation sites (tertiary alicyclic amines) is 1. The highest BCUT2D eigenvalue weighted by Gasteiger charge is 2.21. The first-order chi connectivity index (χ1) is 11.4. The Bertz CT molecular complexity index is 676. The fourth-order valence-electron chi connectivity index (χ4n) is 2.57. The van der Waals surface area contributed by atoms with Crippen molar-refractivity contribution in [2.24, 2.45) is 0 Å². The lowest BCUT2D eigenvalue weighted by molar-refractivity contribution is -0.137. The number of carbonyl (C=O) groups is 2. The van der Waals surface area contributed by atoms with Crippen molar-refractivity contribution in [3.8, 4) is 0 Å². The molecule has 0 bridgehead atoms. The van der Waals surface area contributed by atoms with Gasteiger partial charge in [-0.15, -0.1) is 0 Å². The molecule has 0 unspecified atom stereocenters. The Balaban J connectivity index is 1.94. The zero-order valence-electron chi connectivity index (χ0n) is 13.6. The molecule has 0 atom stereocenters. The summed E-state index contributed by atoms with van der Waals surface area (Å²) in [6.07, 6.45) is 4.82. The van der Waals surface area contributed by atoms with Crippen molar-refractivity contribution in [3.63, 3.8) is 0 Å². The fraction of sp³-hybridized carbons (Fsp3) is 0.333. The van der Waals surface area contributed by atoms with E-state index >= 15 is 0 Å². The van der Waals surface area contributed by atoms with Gasteiger partial charge in [-0.25, -0.2) is 0 Å². The van der Waals surface area contributed by atoms with Crippen molar-refractivity contribution in [3.05, 3.63) is 52.0 Å². The number of halogens is 2. The summed E-state index contributed by atoms with van der Waals surface area (Å²) in [7, 11) is 1.60. The average Bonchev–Trinajstić information content (AvgIpc) is 2.57. The Morgan fingerprint density at radius 2 is 1.96 bits per heavy atom. The van der Waals surface area contributed by atoms with Gasteiger partial charge in [0.15, 0.2) is 0 Å². The lowest BCUT2D eigenvalue weighted by Gasteiger charge is -2.30. The number of amides is 2. The van der Waals surface area contributed by atoms with E-state index in [-0.39, 0.29) is 18.4 Å². The largest absolute Gasteiger partial charge is 0.341 e. The molecule has 0 radical (unpaired) electrons. The number of piperidine rings is 1. The molecule has 1 aliphatic heterocycles. The highest BCUT2D eigenvalue weighted by atomic mass is 35.5. The van der Waals surface area contributed by atoms with E-state index in [4.69, 9.17) is 23.2 Å². The van der Waals surface area contributed by atoms with Gasteiger partial charge in [-0.3, -0.25) is 9.59 Å². The average molecular weight is 367 g/mol. The summed E-state index contributed by atoms with van der Waals surface area (Å²) >= 11 is 12.2. The molecule has 1 aliphatic rings. The van der Waals surface area contributed by atoms with Crippen molar-refractivity contribution >= 4 is 41.1 Å². The Kier molecular flexibility index (Phi) is 6.46. The fourth-order valence-corrected chi connectivity index (χ4v) is 2.92. The minimum Gasteiger partial charge on any atom is -0.341 e. The molecule has 1 saturated heterocycles. The van der Waals surface area contributed by atoms with Crippen LogP contribution >= 0.6 is 23.2 Å². The molecule has 0 saturated carbocycles. The second-order valence-corrected chi connectivity index (χ2v) is 6.59. The molecule has 1 fully saturated rings. The summed E-state index contributed by atoms with van der Waals surface area (Å²) in [6, 6.07) is 5.37. The predicted octanol–water partition coefficient (Wildman–Crippen LogP) is 3.64. The number of rotatable bonds is 4. The number of hydrogen-bond acceptors (Lipinski definition) is 2. The van der Waals surface area contributed by atoms with Crippen LogP contribution in [0.5, 0.6) is 0 Å². The third-order valence-corrected chi connectivity index (χ3v) is 4.58. The van der Waals surface area contributed by atoms with Gasteiger partial charge in [-0.1, -0.05) is 41.4 Å². The van der Waals surface area contributed by atoms with E-state index in [1.807, 2.05) is 12.1 Å². The topological polar surface area (TPSA) is 40.6 Å². The number of nitrogens with zero attached hydrogens (tertiary/aromatic N) is 2. The van der Waals surface area contributed by atoms with Gasteiger partial charge in [0.1, 0.15) is 0 Å². The zero-order valence-corrected chi connectivity index (χ0v) is 15.1. The molecular formula is C18H20Cl2N2O2. The van der Waals surface area contributed by atoms with Crippen molar-refractivity contribution in [2.75, 3.05) is 26.7 Å². The summed E-state index contributed by atoms with van der Waals surface area (Å²) in [4.78, 5) is 26.8. The Labute approximate surface area is 152 Å². The van der Waals surface area contributed by atoms with Crippen LogP contribution in [0.4, 0.5) is 0 Å². The van der Waals surface area contributed by atoms with E-state index in [0.29, 0.717) is 23.1 Å². The van der Waals surface area contributed by atoms with E-state index in [1.54, 1.807) is 24.1 Å². The van der Waals surface area contributed by atoms with Gasteiger partial charge in [0.25, 0.3) is 0 Å². The first kappa shape index (κ1) is 18.6. The molecule has 1 aromatic rings. The Morgan fingerprint density at radius 3 is 2.58 bits per heavy atom. The third kappa shape index (κ3) is 4.86. The number of likely N-dealkylation sites (N-methyl/N-ethyl adjacent to an activating group) is 1. The van der Waals surface area contributed by atoms with Crippen LogP contribution in [-0.2, 0) is 9.59 Å². The Hall–Kier alpha value is -1.78. The summed E-state index contributed by atoms with van der Waals surface area (Å²) in [5.41, 5.74) is 2.13. The minimum atomic E-state index is -0.253. The van der Waals surface area contributed by atoms with E-state index in [0.717, 1.165) is 18.4 Å². The van der Waals surface area contributed by atoms with Crippen molar-refractivity contribution in [1.82, 2.24) is 9.80 Å². The number of benzene rings is 1. The van der Waals surface area contributed by atoms with Gasteiger partial charge in [-0.2, -0.15) is 0 Å². The summed E-state index contributed by atoms with van der Waals surface area (Å²) in [5, 5.41) is 1.31. The maximum absolute atomic E-state index is 12.2. The first-order valence-electron chi connectivity index (χ1n) is 7.70. The lowest BCUT2D eigenvalue weighted by Crippen LogP contribution is -2.43. The summed E-state index contributed by atoms with van der Waals surface area (Å²) in [6.45, 7) is 4.77. The summed E-state index contributed by atoms with van der Waals surface area (Å²) < 4.78 is 0. The normalized spacial score (nSPS) is 14.3. The predicted molar refractivity (Wildman–Crippen MR) is 98.1 cm³/mol. The van der Waals surface area contributed by atoms with Crippen LogP contribution in [0.2, 0.25) is 10.0 Å². The molecule has 2 amide bonds. The smallest absolute Gasteiger partial charge is 0.246 e. The van der Waals surface area contributed by atoms with Gasteiger partial charge < -0.3 is 9.80 Å². The molecular weight excluding hydrogens is 347 g/mol. The number of hydrogen-bond donors (Lipinski definition) is 0. The second-order valence-electron chi connectivity index (χ2n) is 5.75. The van der Waals surface area contributed by atoms with Crippen LogP contribution in [0.1, 0.15) is 18.4 Å². The van der Waals surface area contributed by atoms with Crippen LogP contribution in [-0.4, -0.2) is 48.3 Å². The SMILES string of the molecule is C=CC(=O)N(C)CC(=O)N1CCC(=Cc2cc(Cl)ccc2Cl)CC1. The zero-order chi connectivity index (χ0) is 17.7. The second kappa shape index (κ2) is 8.36. The highest BCUT2D eigenvalue weighted by molar-refractivity contribution is 6.34. The minimum absolute atomic E-state index is 0.0486. The first-order valence-corrected chi connectivity index (χ1v) is 8.46. The standard InChI is InChI=1S/C18H20Cl2N2O2/c1-3-17(23)21(2)12-18(24)22-8-6-13(7-9-22)10-14-11-15(19)4-5-16(14)20/h3-5,10-11H,1,6-9,12H2,2H3. The third-order valence-electron chi connectivity index (χ3n) is 4.00. The molecule has 1 aromatic carbocycles. The number of carbonyl (C=O) groups excluding carboxylic acids is 2. The molecule has 1 heterocycles. The quantitative estimate of drug-likeness (QED) is 0.763. The molecule has 0 aromatic heterocycles. The lowest BCUT2D eigenvalue weighted by atomic mass is 10.0. The van der Waals surface area contributed by atoms with Crippen molar-refractivity contribution in [2.45, 2.75) is 12.8 Å². The molecule has 2 rings (SSSR count). The maximum Gasteiger partial charge on any atom is 0.246 e. The Morgan fingerprint density at radius 1 is 1.29 bits per heavy atom. The van der Waals surface area contributed by atoms with Crippen LogP contribution < -0.4 is 0 Å². The van der Waals surface area contributed by atoms with E-state index in [1.165, 1.54) is 16.5 Å². The van der Waals surface area contributed by atoms with Crippen LogP contribution in [0.15, 0.2) is 36.4 Å². The molecule has 24 heavy (non-hydrogen) atoms. The van der Waals surface area contributed by atoms with E-state index in [9.17, 15) is 9.59 Å². The molecule has 6 heteroatoms. The van der Waals surface area contributed by atoms with Crippen LogP contribution in [0.3, 0.4) is 0 Å². The van der Waals surface area contributed by atoms with Gasteiger partial charge in [0.2, 0.25) is 11.8 Å². The van der Waals surface area contributed by atoms with Gasteiger partial charge >= 0.3 is 0 Å².